The average molecular weight is 286 g/mol. The molecule has 0 bridgehead atoms. The van der Waals surface area contributed by atoms with Crippen LogP contribution in [0.1, 0.15) is 36.9 Å². The van der Waals surface area contributed by atoms with Crippen molar-refractivity contribution in [1.29, 1.82) is 0 Å². The Morgan fingerprint density at radius 3 is 2.80 bits per heavy atom. The van der Waals surface area contributed by atoms with E-state index in [1.165, 1.54) is 6.07 Å². The lowest BCUT2D eigenvalue weighted by molar-refractivity contribution is -0.137. The van der Waals surface area contributed by atoms with Gasteiger partial charge in [0.15, 0.2) is 0 Å². The van der Waals surface area contributed by atoms with Crippen LogP contribution in [0.2, 0.25) is 0 Å². The standard InChI is InChI=1S/C14H17F3N2O/c1-9(19-13(20)12-6-3-7-18-12)10-4-2-5-11(8-10)14(15,16)17/h2,4-5,8-9,12,18H,3,6-7H2,1H3,(H,19,20)/t9?,12-/m1/s1. The summed E-state index contributed by atoms with van der Waals surface area (Å²) in [5, 5.41) is 5.80. The van der Waals surface area contributed by atoms with Crippen molar-refractivity contribution in [2.24, 2.45) is 0 Å². The summed E-state index contributed by atoms with van der Waals surface area (Å²) in [6, 6.07) is 4.36. The molecule has 2 N–H and O–H groups in total. The summed E-state index contributed by atoms with van der Waals surface area (Å²) in [4.78, 5) is 11.9. The summed E-state index contributed by atoms with van der Waals surface area (Å²) in [6.45, 7) is 2.48. The second-order valence-corrected chi connectivity index (χ2v) is 5.00. The van der Waals surface area contributed by atoms with Gasteiger partial charge >= 0.3 is 6.18 Å². The largest absolute Gasteiger partial charge is 0.416 e. The SMILES string of the molecule is CC(NC(=O)[C@H]1CCCN1)c1cccc(C(F)(F)F)c1. The van der Waals surface area contributed by atoms with E-state index in [1.54, 1.807) is 13.0 Å². The van der Waals surface area contributed by atoms with E-state index in [2.05, 4.69) is 10.6 Å². The maximum Gasteiger partial charge on any atom is 0.416 e. The van der Waals surface area contributed by atoms with Crippen LogP contribution in [0.15, 0.2) is 24.3 Å². The van der Waals surface area contributed by atoms with E-state index in [-0.39, 0.29) is 11.9 Å². The molecule has 0 radical (unpaired) electrons. The van der Waals surface area contributed by atoms with E-state index in [1.807, 2.05) is 0 Å². The average Bonchev–Trinajstić information content (AvgIpc) is 2.91. The Balaban J connectivity index is 2.05. The second kappa shape index (κ2) is 5.83. The minimum absolute atomic E-state index is 0.160. The Bertz CT molecular complexity index is 482. The fourth-order valence-electron chi connectivity index (χ4n) is 2.29. The van der Waals surface area contributed by atoms with E-state index < -0.39 is 17.8 Å². The first-order chi connectivity index (χ1) is 9.38. The first-order valence-corrected chi connectivity index (χ1v) is 6.59. The van der Waals surface area contributed by atoms with Crippen molar-refractivity contribution in [2.45, 2.75) is 38.0 Å². The van der Waals surface area contributed by atoms with Gasteiger partial charge in [-0.1, -0.05) is 12.1 Å². The molecule has 2 rings (SSSR count). The predicted molar refractivity (Wildman–Crippen MR) is 69.0 cm³/mol. The topological polar surface area (TPSA) is 41.1 Å². The predicted octanol–water partition coefficient (Wildman–Crippen LogP) is 2.63. The van der Waals surface area contributed by atoms with E-state index >= 15 is 0 Å². The van der Waals surface area contributed by atoms with Crippen molar-refractivity contribution in [3.05, 3.63) is 35.4 Å². The maximum atomic E-state index is 12.6. The number of alkyl halides is 3. The number of amides is 1. The first-order valence-electron chi connectivity index (χ1n) is 6.59. The van der Waals surface area contributed by atoms with Crippen LogP contribution in [0.25, 0.3) is 0 Å². The van der Waals surface area contributed by atoms with Crippen molar-refractivity contribution in [2.75, 3.05) is 6.54 Å². The smallest absolute Gasteiger partial charge is 0.348 e. The summed E-state index contributed by atoms with van der Waals surface area (Å²) in [6.07, 6.45) is -2.66. The molecule has 3 nitrogen and oxygen atoms in total. The Kier molecular flexibility index (Phi) is 4.32. The van der Waals surface area contributed by atoms with Crippen molar-refractivity contribution in [3.63, 3.8) is 0 Å². The van der Waals surface area contributed by atoms with Gasteiger partial charge in [-0.15, -0.1) is 0 Å². The molecule has 1 heterocycles. The van der Waals surface area contributed by atoms with Crippen molar-refractivity contribution in [1.82, 2.24) is 10.6 Å². The molecule has 1 amide bonds. The molecule has 1 aliphatic rings. The molecule has 1 fully saturated rings. The highest BCUT2D eigenvalue weighted by Gasteiger charge is 2.31. The quantitative estimate of drug-likeness (QED) is 0.897. The second-order valence-electron chi connectivity index (χ2n) is 5.00. The third-order valence-corrected chi connectivity index (χ3v) is 3.45. The van der Waals surface area contributed by atoms with Gasteiger partial charge in [0, 0.05) is 0 Å². The van der Waals surface area contributed by atoms with Crippen LogP contribution in [-0.4, -0.2) is 18.5 Å². The van der Waals surface area contributed by atoms with Gasteiger partial charge in [-0.25, -0.2) is 0 Å². The van der Waals surface area contributed by atoms with Crippen LogP contribution in [0, 0.1) is 0 Å². The van der Waals surface area contributed by atoms with Crippen LogP contribution in [-0.2, 0) is 11.0 Å². The van der Waals surface area contributed by atoms with Crippen LogP contribution in [0.3, 0.4) is 0 Å². The highest BCUT2D eigenvalue weighted by Crippen LogP contribution is 2.30. The first kappa shape index (κ1) is 14.8. The van der Waals surface area contributed by atoms with Crippen molar-refractivity contribution in [3.8, 4) is 0 Å². The molecule has 110 valence electrons. The Hall–Kier alpha value is -1.56. The van der Waals surface area contributed by atoms with Gasteiger partial charge in [-0.3, -0.25) is 4.79 Å². The number of halogens is 3. The minimum Gasteiger partial charge on any atom is -0.348 e. The summed E-state index contributed by atoms with van der Waals surface area (Å²) in [5.41, 5.74) is -0.249. The van der Waals surface area contributed by atoms with Gasteiger partial charge in [-0.05, 0) is 44.0 Å². The Morgan fingerprint density at radius 1 is 1.45 bits per heavy atom. The van der Waals surface area contributed by atoms with E-state index in [0.717, 1.165) is 31.5 Å². The van der Waals surface area contributed by atoms with Crippen LogP contribution in [0.4, 0.5) is 13.2 Å². The fourth-order valence-corrected chi connectivity index (χ4v) is 2.29. The lowest BCUT2D eigenvalue weighted by Crippen LogP contribution is -2.41. The summed E-state index contributed by atoms with van der Waals surface area (Å²) in [5.74, 6) is -0.160. The van der Waals surface area contributed by atoms with Gasteiger partial charge in [0.2, 0.25) is 5.91 Å². The van der Waals surface area contributed by atoms with Crippen molar-refractivity contribution >= 4 is 5.91 Å². The van der Waals surface area contributed by atoms with Crippen LogP contribution >= 0.6 is 0 Å². The van der Waals surface area contributed by atoms with Crippen molar-refractivity contribution < 1.29 is 18.0 Å². The Morgan fingerprint density at radius 2 is 2.20 bits per heavy atom. The molecule has 1 saturated heterocycles. The molecule has 1 unspecified atom stereocenters. The minimum atomic E-state index is -4.37. The molecule has 6 heteroatoms. The zero-order valence-corrected chi connectivity index (χ0v) is 11.1. The number of benzene rings is 1. The lowest BCUT2D eigenvalue weighted by atomic mass is 10.0. The number of carbonyl (C=O) groups is 1. The van der Waals surface area contributed by atoms with Gasteiger partial charge in [0.05, 0.1) is 17.6 Å². The fraction of sp³-hybridized carbons (Fsp3) is 0.500. The van der Waals surface area contributed by atoms with Crippen LogP contribution < -0.4 is 10.6 Å². The highest BCUT2D eigenvalue weighted by molar-refractivity contribution is 5.82. The normalized spacial score (nSPS) is 20.7. The molecular weight excluding hydrogens is 269 g/mol. The molecule has 0 aromatic heterocycles. The van der Waals surface area contributed by atoms with Gasteiger partial charge < -0.3 is 10.6 Å². The number of rotatable bonds is 3. The third kappa shape index (κ3) is 3.50. The molecule has 1 aromatic rings. The Labute approximate surface area is 115 Å². The highest BCUT2D eigenvalue weighted by atomic mass is 19.4. The molecule has 20 heavy (non-hydrogen) atoms. The van der Waals surface area contributed by atoms with E-state index in [9.17, 15) is 18.0 Å². The molecule has 1 aliphatic heterocycles. The number of nitrogens with one attached hydrogen (secondary N) is 2. The van der Waals surface area contributed by atoms with E-state index in [4.69, 9.17) is 0 Å². The van der Waals surface area contributed by atoms with Gasteiger partial charge in [-0.2, -0.15) is 13.2 Å². The third-order valence-electron chi connectivity index (χ3n) is 3.45. The van der Waals surface area contributed by atoms with Gasteiger partial charge in [0.1, 0.15) is 0 Å². The molecule has 2 atom stereocenters. The summed E-state index contributed by atoms with van der Waals surface area (Å²) >= 11 is 0. The summed E-state index contributed by atoms with van der Waals surface area (Å²) < 4.78 is 37.9. The zero-order chi connectivity index (χ0) is 14.8. The zero-order valence-electron chi connectivity index (χ0n) is 11.1. The monoisotopic (exact) mass is 286 g/mol. The molecule has 0 saturated carbocycles. The van der Waals surface area contributed by atoms with Gasteiger partial charge in [0.25, 0.3) is 0 Å². The lowest BCUT2D eigenvalue weighted by Gasteiger charge is -2.18. The molecule has 0 aliphatic carbocycles. The number of carbonyl (C=O) groups excluding carboxylic acids is 1. The number of hydrogen-bond donors (Lipinski definition) is 2. The van der Waals surface area contributed by atoms with Crippen LogP contribution in [0.5, 0.6) is 0 Å². The van der Waals surface area contributed by atoms with E-state index in [0.29, 0.717) is 5.56 Å². The summed E-state index contributed by atoms with van der Waals surface area (Å²) in [7, 11) is 0. The molecular formula is C14H17F3N2O. The molecule has 0 spiro atoms. The maximum absolute atomic E-state index is 12.6. The molecule has 1 aromatic carbocycles. The number of hydrogen-bond acceptors (Lipinski definition) is 2.